The summed E-state index contributed by atoms with van der Waals surface area (Å²) in [4.78, 5) is 24.4. The zero-order chi connectivity index (χ0) is 18.5. The molecule has 0 aromatic heterocycles. The number of nitrogens with one attached hydrogen (secondary N) is 2. The second-order valence-corrected chi connectivity index (χ2v) is 6.78. The molecule has 1 atom stereocenters. The number of carbonyl (C=O) groups is 2. The molecule has 1 heterocycles. The molecule has 0 saturated heterocycles. The molecule has 0 radical (unpaired) electrons. The van der Waals surface area contributed by atoms with Crippen LogP contribution < -0.4 is 20.3 Å². The molecule has 2 N–H and O–H groups in total. The number of hydrogen-bond donors (Lipinski definition) is 2. The summed E-state index contributed by atoms with van der Waals surface area (Å²) in [7, 11) is 0. The van der Waals surface area contributed by atoms with E-state index in [2.05, 4.69) is 26.8 Å². The normalized spacial score (nSPS) is 15.4. The number of fused-ring (bicyclic) bond motifs is 1. The number of halogens is 1. The Labute approximate surface area is 160 Å². The van der Waals surface area contributed by atoms with Gasteiger partial charge in [-0.15, -0.1) is 0 Å². The fourth-order valence-electron chi connectivity index (χ4n) is 2.69. The maximum absolute atomic E-state index is 12.4. The van der Waals surface area contributed by atoms with Gasteiger partial charge in [-0.1, -0.05) is 15.9 Å². The zero-order valence-electron chi connectivity index (χ0n) is 14.3. The van der Waals surface area contributed by atoms with Gasteiger partial charge in [0.15, 0.2) is 0 Å². The maximum Gasteiger partial charge on any atom is 0.269 e. The predicted molar refractivity (Wildman–Crippen MR) is 100 cm³/mol. The Bertz CT molecular complexity index is 808. The zero-order valence-corrected chi connectivity index (χ0v) is 15.8. The highest BCUT2D eigenvalue weighted by molar-refractivity contribution is 9.10. The molecule has 6 nitrogen and oxygen atoms in total. The molecular weight excluding hydrogens is 400 g/mol. The van der Waals surface area contributed by atoms with Crippen LogP contribution in [0, 0.1) is 5.92 Å². The summed E-state index contributed by atoms with van der Waals surface area (Å²) >= 11 is 3.31. The molecule has 0 spiro atoms. The number of hydrogen-bond acceptors (Lipinski definition) is 4. The van der Waals surface area contributed by atoms with E-state index < -0.39 is 0 Å². The molecule has 1 unspecified atom stereocenters. The monoisotopic (exact) mass is 418 g/mol. The van der Waals surface area contributed by atoms with Crippen LogP contribution in [-0.2, 0) is 11.2 Å². The molecule has 0 saturated carbocycles. The Morgan fingerprint density at radius 2 is 1.96 bits per heavy atom. The summed E-state index contributed by atoms with van der Waals surface area (Å²) in [5, 5.41) is 0. The number of rotatable bonds is 4. The van der Waals surface area contributed by atoms with Crippen molar-refractivity contribution in [2.75, 3.05) is 13.2 Å². The fourth-order valence-corrected chi connectivity index (χ4v) is 2.95. The van der Waals surface area contributed by atoms with Crippen LogP contribution in [0.4, 0.5) is 0 Å². The van der Waals surface area contributed by atoms with Crippen molar-refractivity contribution in [3.8, 4) is 11.5 Å². The minimum absolute atomic E-state index is 0.265. The molecule has 136 valence electrons. The highest BCUT2D eigenvalue weighted by atomic mass is 79.9. The van der Waals surface area contributed by atoms with Crippen LogP contribution in [0.15, 0.2) is 46.9 Å². The van der Waals surface area contributed by atoms with E-state index >= 15 is 0 Å². The number of benzene rings is 2. The third kappa shape index (κ3) is 4.35. The third-order valence-corrected chi connectivity index (χ3v) is 4.55. The summed E-state index contributed by atoms with van der Waals surface area (Å²) in [5.74, 6) is 0.463. The van der Waals surface area contributed by atoms with Gasteiger partial charge < -0.3 is 9.47 Å². The Hall–Kier alpha value is -2.54. The smallest absolute Gasteiger partial charge is 0.269 e. The van der Waals surface area contributed by atoms with Crippen LogP contribution in [0.3, 0.4) is 0 Å². The molecule has 2 aromatic rings. The van der Waals surface area contributed by atoms with Gasteiger partial charge in [-0.25, -0.2) is 0 Å². The summed E-state index contributed by atoms with van der Waals surface area (Å²) in [6.45, 7) is 2.76. The van der Waals surface area contributed by atoms with Gasteiger partial charge in [0.05, 0.1) is 12.5 Å². The van der Waals surface area contributed by atoms with Gasteiger partial charge >= 0.3 is 0 Å². The molecule has 0 bridgehead atoms. The molecular formula is C19H19BrN2O4. The molecule has 7 heteroatoms. The molecule has 2 aromatic carbocycles. The lowest BCUT2D eigenvalue weighted by atomic mass is 9.96. The molecule has 26 heavy (non-hydrogen) atoms. The summed E-state index contributed by atoms with van der Waals surface area (Å²) in [5.41, 5.74) is 6.29. The Kier molecular flexibility index (Phi) is 5.78. The van der Waals surface area contributed by atoms with E-state index in [1.807, 2.05) is 25.1 Å². The second kappa shape index (κ2) is 8.23. The van der Waals surface area contributed by atoms with Crippen LogP contribution in [0.5, 0.6) is 11.5 Å². The molecule has 0 aliphatic carbocycles. The van der Waals surface area contributed by atoms with Crippen LogP contribution in [0.1, 0.15) is 22.8 Å². The van der Waals surface area contributed by atoms with Crippen LogP contribution >= 0.6 is 15.9 Å². The number of hydrazine groups is 1. The minimum Gasteiger partial charge on any atom is -0.494 e. The van der Waals surface area contributed by atoms with Gasteiger partial charge in [-0.05, 0) is 61.4 Å². The average Bonchev–Trinajstić information content (AvgIpc) is 2.66. The van der Waals surface area contributed by atoms with Gasteiger partial charge in [0, 0.05) is 10.0 Å². The van der Waals surface area contributed by atoms with Crippen molar-refractivity contribution in [3.63, 3.8) is 0 Å². The van der Waals surface area contributed by atoms with Crippen LogP contribution in [-0.4, -0.2) is 25.0 Å². The lowest BCUT2D eigenvalue weighted by Gasteiger charge is -2.25. The van der Waals surface area contributed by atoms with Crippen LogP contribution in [0.2, 0.25) is 0 Å². The third-order valence-electron chi connectivity index (χ3n) is 4.03. The molecule has 1 aliphatic rings. The van der Waals surface area contributed by atoms with E-state index in [-0.39, 0.29) is 24.3 Å². The summed E-state index contributed by atoms with van der Waals surface area (Å²) < 4.78 is 12.0. The summed E-state index contributed by atoms with van der Waals surface area (Å²) in [6, 6.07) is 12.4. The standard InChI is InChI=1S/C19H19BrN2O4/c1-2-25-16-7-8-17-13(10-16)9-14(11-26-17)19(24)22-21-18(23)12-3-5-15(20)6-4-12/h3-8,10,14H,2,9,11H2,1H3,(H,21,23)(H,22,24). The Balaban J connectivity index is 1.58. The van der Waals surface area contributed by atoms with E-state index in [9.17, 15) is 9.59 Å². The average molecular weight is 419 g/mol. The molecule has 2 amide bonds. The highest BCUT2D eigenvalue weighted by Gasteiger charge is 2.26. The number of amides is 2. The highest BCUT2D eigenvalue weighted by Crippen LogP contribution is 2.30. The predicted octanol–water partition coefficient (Wildman–Crippen LogP) is 2.86. The lowest BCUT2D eigenvalue weighted by molar-refractivity contribution is -0.127. The Morgan fingerprint density at radius 3 is 2.69 bits per heavy atom. The maximum atomic E-state index is 12.4. The summed E-state index contributed by atoms with van der Waals surface area (Å²) in [6.07, 6.45) is 0.524. The first-order valence-electron chi connectivity index (χ1n) is 8.31. The topological polar surface area (TPSA) is 76.7 Å². The largest absolute Gasteiger partial charge is 0.494 e. The van der Waals surface area contributed by atoms with Crippen molar-refractivity contribution < 1.29 is 19.1 Å². The fraction of sp³-hybridized carbons (Fsp3) is 0.263. The van der Waals surface area contributed by atoms with Gasteiger partial charge in [0.2, 0.25) is 5.91 Å². The molecule has 3 rings (SSSR count). The van der Waals surface area contributed by atoms with Crippen molar-refractivity contribution >= 4 is 27.7 Å². The van der Waals surface area contributed by atoms with E-state index in [1.54, 1.807) is 24.3 Å². The van der Waals surface area contributed by atoms with Gasteiger partial charge in [0.25, 0.3) is 5.91 Å². The molecule has 1 aliphatic heterocycles. The van der Waals surface area contributed by atoms with E-state index in [1.165, 1.54) is 0 Å². The van der Waals surface area contributed by atoms with Gasteiger partial charge in [-0.2, -0.15) is 0 Å². The Morgan fingerprint density at radius 1 is 1.19 bits per heavy atom. The van der Waals surface area contributed by atoms with Gasteiger partial charge in [-0.3, -0.25) is 20.4 Å². The van der Waals surface area contributed by atoms with Crippen molar-refractivity contribution in [2.24, 2.45) is 5.92 Å². The van der Waals surface area contributed by atoms with Crippen molar-refractivity contribution in [3.05, 3.63) is 58.1 Å². The van der Waals surface area contributed by atoms with Crippen molar-refractivity contribution in [1.29, 1.82) is 0 Å². The number of ether oxygens (including phenoxy) is 2. The van der Waals surface area contributed by atoms with Gasteiger partial charge in [0.1, 0.15) is 18.1 Å². The number of carbonyl (C=O) groups excluding carboxylic acids is 2. The molecule has 0 fully saturated rings. The van der Waals surface area contributed by atoms with Crippen LogP contribution in [0.25, 0.3) is 0 Å². The lowest BCUT2D eigenvalue weighted by Crippen LogP contribution is -2.47. The first-order valence-corrected chi connectivity index (χ1v) is 9.10. The minimum atomic E-state index is -0.385. The first-order chi connectivity index (χ1) is 12.6. The quantitative estimate of drug-likeness (QED) is 0.748. The van der Waals surface area contributed by atoms with Crippen molar-refractivity contribution in [2.45, 2.75) is 13.3 Å². The van der Waals surface area contributed by atoms with E-state index in [0.717, 1.165) is 21.5 Å². The second-order valence-electron chi connectivity index (χ2n) is 5.86. The van der Waals surface area contributed by atoms with E-state index in [0.29, 0.717) is 18.6 Å². The first kappa shape index (κ1) is 18.3. The van der Waals surface area contributed by atoms with Crippen molar-refractivity contribution in [1.82, 2.24) is 10.9 Å². The SMILES string of the molecule is CCOc1ccc2c(c1)CC(C(=O)NNC(=O)c1ccc(Br)cc1)CO2. The van der Waals surface area contributed by atoms with E-state index in [4.69, 9.17) is 9.47 Å².